The van der Waals surface area contributed by atoms with E-state index in [0.29, 0.717) is 19.5 Å². The maximum absolute atomic E-state index is 12.2. The van der Waals surface area contributed by atoms with Gasteiger partial charge in [0.2, 0.25) is 5.91 Å². The van der Waals surface area contributed by atoms with Crippen molar-refractivity contribution in [1.29, 1.82) is 0 Å². The number of likely N-dealkylation sites (tertiary alicyclic amines) is 1. The number of carbonyl (C=O) groups is 1. The molecular weight excluding hydrogens is 236 g/mol. The Morgan fingerprint density at radius 2 is 1.89 bits per heavy atom. The monoisotopic (exact) mass is 254 g/mol. The fourth-order valence-electron chi connectivity index (χ4n) is 2.72. The minimum absolute atomic E-state index is 0.166. The highest BCUT2D eigenvalue weighted by Crippen LogP contribution is 2.22. The van der Waals surface area contributed by atoms with Gasteiger partial charge in [-0.05, 0) is 23.3 Å². The van der Waals surface area contributed by atoms with Crippen molar-refractivity contribution in [3.05, 3.63) is 48.0 Å². The van der Waals surface area contributed by atoms with Crippen LogP contribution in [0.1, 0.15) is 12.5 Å². The largest absolute Gasteiger partial charge is 0.339 e. The van der Waals surface area contributed by atoms with Crippen LogP contribution < -0.4 is 5.73 Å². The molecule has 0 bridgehead atoms. The molecule has 0 aliphatic carbocycles. The Labute approximate surface area is 113 Å². The molecule has 1 heterocycles. The van der Waals surface area contributed by atoms with Crippen LogP contribution in [0.15, 0.2) is 42.5 Å². The summed E-state index contributed by atoms with van der Waals surface area (Å²) in [5.74, 6) is 0.166. The molecule has 0 atom stereocenters. The van der Waals surface area contributed by atoms with Crippen LogP contribution in [-0.4, -0.2) is 29.4 Å². The fourth-order valence-corrected chi connectivity index (χ4v) is 2.72. The van der Waals surface area contributed by atoms with E-state index in [4.69, 9.17) is 5.73 Å². The topological polar surface area (TPSA) is 46.3 Å². The lowest BCUT2D eigenvalue weighted by atomic mass is 9.92. The van der Waals surface area contributed by atoms with Gasteiger partial charge in [-0.15, -0.1) is 0 Å². The molecule has 0 spiro atoms. The van der Waals surface area contributed by atoms with Crippen molar-refractivity contribution in [2.24, 2.45) is 5.73 Å². The quantitative estimate of drug-likeness (QED) is 0.890. The summed E-state index contributed by atoms with van der Waals surface area (Å²) in [6.07, 6.45) is 0.456. The van der Waals surface area contributed by atoms with Gasteiger partial charge >= 0.3 is 0 Å². The molecule has 3 nitrogen and oxygen atoms in total. The van der Waals surface area contributed by atoms with E-state index < -0.39 is 0 Å². The highest BCUT2D eigenvalue weighted by molar-refractivity contribution is 5.90. The molecule has 2 aromatic carbocycles. The number of hydrogen-bond donors (Lipinski definition) is 1. The first-order chi connectivity index (χ1) is 9.05. The van der Waals surface area contributed by atoms with Gasteiger partial charge in [0.25, 0.3) is 0 Å². The molecule has 98 valence electrons. The number of amides is 1. The minimum atomic E-state index is -0.200. The smallest absolute Gasteiger partial charge is 0.227 e. The first-order valence-corrected chi connectivity index (χ1v) is 6.58. The van der Waals surface area contributed by atoms with Gasteiger partial charge in [-0.25, -0.2) is 0 Å². The van der Waals surface area contributed by atoms with Crippen LogP contribution in [0.3, 0.4) is 0 Å². The Morgan fingerprint density at radius 1 is 1.21 bits per heavy atom. The standard InChI is InChI=1S/C16H18N2O/c1-16(17)10-18(11-16)15(19)9-13-7-4-6-12-5-2-3-8-14(12)13/h2-8H,9-11,17H2,1H3. The second-order valence-electron chi connectivity index (χ2n) is 5.72. The third-order valence-corrected chi connectivity index (χ3v) is 3.68. The Bertz CT molecular complexity index is 620. The van der Waals surface area contributed by atoms with Crippen LogP contribution in [0, 0.1) is 0 Å². The van der Waals surface area contributed by atoms with Crippen LogP contribution >= 0.6 is 0 Å². The lowest BCUT2D eigenvalue weighted by molar-refractivity contribution is -0.137. The van der Waals surface area contributed by atoms with Crippen molar-refractivity contribution in [2.75, 3.05) is 13.1 Å². The molecule has 3 heteroatoms. The summed E-state index contributed by atoms with van der Waals surface area (Å²) in [6, 6.07) is 14.3. The summed E-state index contributed by atoms with van der Waals surface area (Å²) < 4.78 is 0. The Hall–Kier alpha value is -1.87. The van der Waals surface area contributed by atoms with E-state index in [0.717, 1.165) is 10.9 Å². The lowest BCUT2D eigenvalue weighted by Crippen LogP contribution is -2.67. The van der Waals surface area contributed by atoms with Crippen molar-refractivity contribution in [3.8, 4) is 0 Å². The number of benzene rings is 2. The molecule has 2 N–H and O–H groups in total. The Morgan fingerprint density at radius 3 is 2.63 bits per heavy atom. The number of hydrogen-bond acceptors (Lipinski definition) is 2. The molecule has 0 unspecified atom stereocenters. The zero-order valence-electron chi connectivity index (χ0n) is 11.1. The van der Waals surface area contributed by atoms with Crippen molar-refractivity contribution in [1.82, 2.24) is 4.90 Å². The number of nitrogens with two attached hydrogens (primary N) is 1. The summed E-state index contributed by atoms with van der Waals surface area (Å²) in [6.45, 7) is 3.31. The zero-order chi connectivity index (χ0) is 13.5. The Balaban J connectivity index is 1.80. The predicted octanol–water partition coefficient (Wildman–Crippen LogP) is 1.94. The molecule has 1 fully saturated rings. The van der Waals surface area contributed by atoms with Crippen molar-refractivity contribution in [3.63, 3.8) is 0 Å². The van der Waals surface area contributed by atoms with Gasteiger partial charge in [0.1, 0.15) is 0 Å². The van der Waals surface area contributed by atoms with Gasteiger partial charge in [-0.3, -0.25) is 4.79 Å². The molecule has 3 rings (SSSR count). The highest BCUT2D eigenvalue weighted by atomic mass is 16.2. The molecule has 1 saturated heterocycles. The molecule has 2 aromatic rings. The van der Waals surface area contributed by atoms with E-state index in [1.165, 1.54) is 5.39 Å². The average molecular weight is 254 g/mol. The molecule has 1 aliphatic rings. The molecule has 0 radical (unpaired) electrons. The van der Waals surface area contributed by atoms with Gasteiger partial charge in [-0.2, -0.15) is 0 Å². The predicted molar refractivity (Wildman–Crippen MR) is 76.8 cm³/mol. The molecule has 1 aliphatic heterocycles. The van der Waals surface area contributed by atoms with Crippen molar-refractivity contribution < 1.29 is 4.79 Å². The molecular formula is C16H18N2O. The van der Waals surface area contributed by atoms with Crippen LogP contribution in [0.4, 0.5) is 0 Å². The minimum Gasteiger partial charge on any atom is -0.339 e. The van der Waals surface area contributed by atoms with E-state index in [-0.39, 0.29) is 11.4 Å². The van der Waals surface area contributed by atoms with Crippen molar-refractivity contribution in [2.45, 2.75) is 18.9 Å². The van der Waals surface area contributed by atoms with Gasteiger partial charge in [0.05, 0.1) is 6.42 Å². The van der Waals surface area contributed by atoms with E-state index in [9.17, 15) is 4.79 Å². The number of fused-ring (bicyclic) bond motifs is 1. The lowest BCUT2D eigenvalue weighted by Gasteiger charge is -2.45. The summed E-state index contributed by atoms with van der Waals surface area (Å²) in [7, 11) is 0. The maximum Gasteiger partial charge on any atom is 0.227 e. The summed E-state index contributed by atoms with van der Waals surface area (Å²) >= 11 is 0. The summed E-state index contributed by atoms with van der Waals surface area (Å²) in [5, 5.41) is 2.34. The number of rotatable bonds is 2. The van der Waals surface area contributed by atoms with E-state index in [1.807, 2.05) is 36.1 Å². The third-order valence-electron chi connectivity index (χ3n) is 3.68. The van der Waals surface area contributed by atoms with Crippen LogP contribution in [0.2, 0.25) is 0 Å². The van der Waals surface area contributed by atoms with E-state index in [2.05, 4.69) is 18.2 Å². The van der Waals surface area contributed by atoms with Crippen LogP contribution in [0.25, 0.3) is 10.8 Å². The first kappa shape index (κ1) is 12.2. The summed E-state index contributed by atoms with van der Waals surface area (Å²) in [4.78, 5) is 14.0. The van der Waals surface area contributed by atoms with E-state index in [1.54, 1.807) is 0 Å². The van der Waals surface area contributed by atoms with Crippen LogP contribution in [0.5, 0.6) is 0 Å². The molecule has 19 heavy (non-hydrogen) atoms. The Kier molecular flexibility index (Phi) is 2.79. The maximum atomic E-state index is 12.2. The fraction of sp³-hybridized carbons (Fsp3) is 0.312. The summed E-state index contributed by atoms with van der Waals surface area (Å²) in [5.41, 5.74) is 6.83. The SMILES string of the molecule is CC1(N)CN(C(=O)Cc2cccc3ccccc23)C1. The van der Waals surface area contributed by atoms with Gasteiger partial charge in [0, 0.05) is 18.6 Å². The van der Waals surface area contributed by atoms with Gasteiger partial charge in [-0.1, -0.05) is 42.5 Å². The second kappa shape index (κ2) is 4.35. The highest BCUT2D eigenvalue weighted by Gasteiger charge is 2.37. The first-order valence-electron chi connectivity index (χ1n) is 6.58. The van der Waals surface area contributed by atoms with Crippen LogP contribution in [-0.2, 0) is 11.2 Å². The van der Waals surface area contributed by atoms with Gasteiger partial charge in [0.15, 0.2) is 0 Å². The molecule has 0 aromatic heterocycles. The molecule has 1 amide bonds. The van der Waals surface area contributed by atoms with Gasteiger partial charge < -0.3 is 10.6 Å². The number of nitrogens with zero attached hydrogens (tertiary/aromatic N) is 1. The van der Waals surface area contributed by atoms with Crippen molar-refractivity contribution >= 4 is 16.7 Å². The zero-order valence-corrected chi connectivity index (χ0v) is 11.1. The second-order valence-corrected chi connectivity index (χ2v) is 5.72. The van der Waals surface area contributed by atoms with E-state index >= 15 is 0 Å². The normalized spacial score (nSPS) is 17.3. The number of carbonyl (C=O) groups excluding carboxylic acids is 1. The third kappa shape index (κ3) is 2.34. The molecule has 0 saturated carbocycles. The average Bonchev–Trinajstić information content (AvgIpc) is 2.36.